The van der Waals surface area contributed by atoms with E-state index in [1.54, 1.807) is 0 Å². The van der Waals surface area contributed by atoms with Crippen molar-refractivity contribution in [1.29, 1.82) is 0 Å². The van der Waals surface area contributed by atoms with Crippen molar-refractivity contribution in [2.45, 2.75) is 38.5 Å². The van der Waals surface area contributed by atoms with Crippen molar-refractivity contribution in [2.24, 2.45) is 5.92 Å². The Morgan fingerprint density at radius 2 is 1.93 bits per heavy atom. The Hall–Kier alpha value is -0.0800. The third kappa shape index (κ3) is 4.97. The van der Waals surface area contributed by atoms with Crippen molar-refractivity contribution in [1.82, 2.24) is 10.2 Å². The van der Waals surface area contributed by atoms with E-state index in [4.69, 9.17) is 0 Å². The quantitative estimate of drug-likeness (QED) is 0.658. The van der Waals surface area contributed by atoms with E-state index < -0.39 is 0 Å². The van der Waals surface area contributed by atoms with Gasteiger partial charge in [0.1, 0.15) is 0 Å². The summed E-state index contributed by atoms with van der Waals surface area (Å²) < 4.78 is 0. The first-order valence-corrected chi connectivity index (χ1v) is 6.16. The van der Waals surface area contributed by atoms with Gasteiger partial charge in [0.05, 0.1) is 0 Å². The second-order valence-electron chi connectivity index (χ2n) is 4.72. The highest BCUT2D eigenvalue weighted by Crippen LogP contribution is 2.23. The normalized spacial score (nSPS) is 19.1. The minimum atomic E-state index is 0.989. The van der Waals surface area contributed by atoms with E-state index in [0.717, 1.165) is 12.5 Å². The van der Waals surface area contributed by atoms with Crippen molar-refractivity contribution in [2.75, 3.05) is 33.7 Å². The second kappa shape index (κ2) is 7.24. The summed E-state index contributed by atoms with van der Waals surface area (Å²) in [5, 5.41) is 3.20. The van der Waals surface area contributed by atoms with Crippen LogP contribution in [0, 0.1) is 5.92 Å². The van der Waals surface area contributed by atoms with Gasteiger partial charge in [-0.15, -0.1) is 0 Å². The molecule has 0 heterocycles. The summed E-state index contributed by atoms with van der Waals surface area (Å²) in [5.41, 5.74) is 0. The van der Waals surface area contributed by atoms with Crippen LogP contribution in [-0.2, 0) is 0 Å². The van der Waals surface area contributed by atoms with Crippen molar-refractivity contribution >= 4 is 0 Å². The molecule has 1 saturated carbocycles. The van der Waals surface area contributed by atoms with E-state index in [2.05, 4.69) is 17.3 Å². The summed E-state index contributed by atoms with van der Waals surface area (Å²) in [7, 11) is 4.30. The van der Waals surface area contributed by atoms with Crippen LogP contribution >= 0.6 is 0 Å². The monoisotopic (exact) mass is 198 g/mol. The fourth-order valence-electron chi connectivity index (χ4n) is 2.43. The number of nitrogens with zero attached hydrogens (tertiary/aromatic N) is 1. The number of hydrogen-bond donors (Lipinski definition) is 1. The predicted octanol–water partition coefficient (Wildman–Crippen LogP) is 2.11. The molecule has 1 fully saturated rings. The summed E-state index contributed by atoms with van der Waals surface area (Å²) in [4.78, 5) is 2.51. The second-order valence-corrected chi connectivity index (χ2v) is 4.72. The molecule has 0 saturated heterocycles. The van der Waals surface area contributed by atoms with Crippen molar-refractivity contribution < 1.29 is 0 Å². The predicted molar refractivity (Wildman–Crippen MR) is 62.6 cm³/mol. The van der Waals surface area contributed by atoms with Crippen molar-refractivity contribution in [3.63, 3.8) is 0 Å². The van der Waals surface area contributed by atoms with Crippen molar-refractivity contribution in [3.05, 3.63) is 0 Å². The molecule has 1 rings (SSSR count). The fourth-order valence-corrected chi connectivity index (χ4v) is 2.43. The van der Waals surface area contributed by atoms with Gasteiger partial charge in [-0.1, -0.05) is 19.3 Å². The first kappa shape index (κ1) is 12.0. The molecule has 14 heavy (non-hydrogen) atoms. The van der Waals surface area contributed by atoms with E-state index in [-0.39, 0.29) is 0 Å². The number of rotatable bonds is 6. The molecule has 1 N–H and O–H groups in total. The highest BCUT2D eigenvalue weighted by atomic mass is 15.1. The SMILES string of the molecule is CNCCCN(C)CC1CCCCC1. The van der Waals surface area contributed by atoms with Crippen LogP contribution < -0.4 is 5.32 Å². The summed E-state index contributed by atoms with van der Waals surface area (Å²) in [6.07, 6.45) is 8.62. The maximum absolute atomic E-state index is 3.20. The van der Waals surface area contributed by atoms with Crippen molar-refractivity contribution in [3.8, 4) is 0 Å². The van der Waals surface area contributed by atoms with E-state index in [9.17, 15) is 0 Å². The molecule has 2 nitrogen and oxygen atoms in total. The molecular weight excluding hydrogens is 172 g/mol. The number of nitrogens with one attached hydrogen (secondary N) is 1. The van der Waals surface area contributed by atoms with Crippen LogP contribution in [0.25, 0.3) is 0 Å². The van der Waals surface area contributed by atoms with Crippen LogP contribution in [0.4, 0.5) is 0 Å². The highest BCUT2D eigenvalue weighted by molar-refractivity contribution is 4.68. The maximum Gasteiger partial charge on any atom is 0.000661 e. The molecule has 0 aliphatic heterocycles. The van der Waals surface area contributed by atoms with E-state index in [1.807, 2.05) is 7.05 Å². The molecule has 0 amide bonds. The third-order valence-corrected chi connectivity index (χ3v) is 3.26. The van der Waals surface area contributed by atoms with Crippen LogP contribution in [0.15, 0.2) is 0 Å². The van der Waals surface area contributed by atoms with Gasteiger partial charge in [-0.2, -0.15) is 0 Å². The van der Waals surface area contributed by atoms with Gasteiger partial charge in [0.15, 0.2) is 0 Å². The average molecular weight is 198 g/mol. The van der Waals surface area contributed by atoms with Gasteiger partial charge in [-0.05, 0) is 52.4 Å². The van der Waals surface area contributed by atoms with Gasteiger partial charge in [-0.3, -0.25) is 0 Å². The summed E-state index contributed by atoms with van der Waals surface area (Å²) in [6.45, 7) is 3.72. The largest absolute Gasteiger partial charge is 0.320 e. The molecular formula is C12H26N2. The van der Waals surface area contributed by atoms with E-state index >= 15 is 0 Å². The Kier molecular flexibility index (Phi) is 6.20. The van der Waals surface area contributed by atoms with E-state index in [0.29, 0.717) is 0 Å². The summed E-state index contributed by atoms with van der Waals surface area (Å²) in [5.74, 6) is 0.989. The highest BCUT2D eigenvalue weighted by Gasteiger charge is 2.14. The Morgan fingerprint density at radius 3 is 2.57 bits per heavy atom. The Morgan fingerprint density at radius 1 is 1.21 bits per heavy atom. The lowest BCUT2D eigenvalue weighted by Crippen LogP contribution is -2.29. The summed E-state index contributed by atoms with van der Waals surface area (Å²) in [6, 6.07) is 0. The molecule has 1 aliphatic carbocycles. The van der Waals surface area contributed by atoms with Gasteiger partial charge in [0.25, 0.3) is 0 Å². The van der Waals surface area contributed by atoms with Gasteiger partial charge < -0.3 is 10.2 Å². The van der Waals surface area contributed by atoms with Gasteiger partial charge >= 0.3 is 0 Å². The topological polar surface area (TPSA) is 15.3 Å². The van der Waals surface area contributed by atoms with Gasteiger partial charge in [0, 0.05) is 6.54 Å². The fraction of sp³-hybridized carbons (Fsp3) is 1.00. The minimum Gasteiger partial charge on any atom is -0.320 e. The zero-order chi connectivity index (χ0) is 10.2. The molecule has 1 aliphatic rings. The minimum absolute atomic E-state index is 0.989. The zero-order valence-corrected chi connectivity index (χ0v) is 9.89. The number of hydrogen-bond acceptors (Lipinski definition) is 2. The molecule has 0 atom stereocenters. The molecule has 0 spiro atoms. The standard InChI is InChI=1S/C12H26N2/c1-13-9-6-10-14(2)11-12-7-4-3-5-8-12/h12-13H,3-11H2,1-2H3. The summed E-state index contributed by atoms with van der Waals surface area (Å²) >= 11 is 0. The first-order valence-electron chi connectivity index (χ1n) is 6.16. The smallest absolute Gasteiger partial charge is 0.000661 e. The first-order chi connectivity index (χ1) is 6.83. The Labute approximate surface area is 89.1 Å². The lowest BCUT2D eigenvalue weighted by atomic mass is 9.89. The Balaban J connectivity index is 2.03. The van der Waals surface area contributed by atoms with Gasteiger partial charge in [-0.25, -0.2) is 0 Å². The van der Waals surface area contributed by atoms with Crippen LogP contribution in [0.3, 0.4) is 0 Å². The van der Waals surface area contributed by atoms with Crippen LogP contribution in [0.1, 0.15) is 38.5 Å². The molecule has 0 bridgehead atoms. The average Bonchev–Trinajstić information content (AvgIpc) is 2.20. The van der Waals surface area contributed by atoms with Crippen LogP contribution in [0.2, 0.25) is 0 Å². The molecule has 0 aromatic rings. The van der Waals surface area contributed by atoms with Crippen LogP contribution in [0.5, 0.6) is 0 Å². The molecule has 0 radical (unpaired) electrons. The third-order valence-electron chi connectivity index (χ3n) is 3.26. The molecule has 0 aromatic carbocycles. The van der Waals surface area contributed by atoms with Crippen LogP contribution in [-0.4, -0.2) is 38.6 Å². The molecule has 2 heteroatoms. The van der Waals surface area contributed by atoms with E-state index in [1.165, 1.54) is 51.6 Å². The molecule has 84 valence electrons. The molecule has 0 aromatic heterocycles. The van der Waals surface area contributed by atoms with Gasteiger partial charge in [0.2, 0.25) is 0 Å². The lowest BCUT2D eigenvalue weighted by molar-refractivity contribution is 0.232. The Bertz CT molecular complexity index is 130. The zero-order valence-electron chi connectivity index (χ0n) is 9.89. The lowest BCUT2D eigenvalue weighted by Gasteiger charge is -2.26. The maximum atomic E-state index is 3.20. The molecule has 0 unspecified atom stereocenters.